The minimum absolute atomic E-state index is 0.0926. The molecule has 0 atom stereocenters. The van der Waals surface area contributed by atoms with Crippen LogP contribution in [0.15, 0.2) is 54.6 Å². The van der Waals surface area contributed by atoms with Gasteiger partial charge in [0.2, 0.25) is 0 Å². The lowest BCUT2D eigenvalue weighted by Gasteiger charge is -2.20. The first kappa shape index (κ1) is 30.8. The van der Waals surface area contributed by atoms with E-state index in [1.807, 2.05) is 18.2 Å². The number of benzene rings is 2. The molecule has 1 amide bonds. The Balaban J connectivity index is 1.64. The quantitative estimate of drug-likeness (QED) is 0.117. The van der Waals surface area contributed by atoms with Crippen molar-refractivity contribution in [3.63, 3.8) is 0 Å². The molecule has 0 heterocycles. The van der Waals surface area contributed by atoms with E-state index in [1.165, 1.54) is 18.5 Å². The molecule has 0 aliphatic rings. The van der Waals surface area contributed by atoms with E-state index < -0.39 is 5.97 Å². The van der Waals surface area contributed by atoms with Gasteiger partial charge in [-0.05, 0) is 62.6 Å². The Morgan fingerprint density at radius 3 is 1.82 bits per heavy atom. The topological polar surface area (TPSA) is 86.7 Å². The first-order valence-corrected chi connectivity index (χ1v) is 14.1. The van der Waals surface area contributed by atoms with Gasteiger partial charge in [0.05, 0.1) is 0 Å². The van der Waals surface area contributed by atoms with Crippen LogP contribution in [0.1, 0.15) is 104 Å². The Labute approximate surface area is 228 Å². The number of hydrogen-bond donors (Lipinski definition) is 2. The van der Waals surface area contributed by atoms with Crippen LogP contribution in [0.2, 0.25) is 0 Å². The lowest BCUT2D eigenvalue weighted by atomic mass is 10.1. The molecular formula is C32H44N2O4. The van der Waals surface area contributed by atoms with Gasteiger partial charge >= 0.3 is 5.97 Å². The van der Waals surface area contributed by atoms with Crippen LogP contribution < -0.4 is 10.2 Å². The fourth-order valence-corrected chi connectivity index (χ4v) is 4.38. The number of anilines is 1. The number of unbranched alkanes of at least 4 members (excludes halogenated alkanes) is 8. The molecule has 0 aliphatic carbocycles. The average Bonchev–Trinajstić information content (AvgIpc) is 2.93. The third kappa shape index (κ3) is 11.8. The highest BCUT2D eigenvalue weighted by molar-refractivity contribution is 6.07. The third-order valence-corrected chi connectivity index (χ3v) is 6.73. The molecule has 0 aromatic heterocycles. The van der Waals surface area contributed by atoms with Gasteiger partial charge in [0.1, 0.15) is 0 Å². The van der Waals surface area contributed by atoms with Crippen LogP contribution in [0.3, 0.4) is 0 Å². The van der Waals surface area contributed by atoms with E-state index in [2.05, 4.69) is 36.2 Å². The predicted octanol–water partition coefficient (Wildman–Crippen LogP) is 7.14. The molecule has 0 aliphatic heterocycles. The number of amides is 1. The maximum atomic E-state index is 12.6. The van der Waals surface area contributed by atoms with Gasteiger partial charge in [-0.2, -0.15) is 0 Å². The molecule has 2 rings (SSSR count). The zero-order valence-corrected chi connectivity index (χ0v) is 23.1. The molecule has 0 radical (unpaired) electrons. The van der Waals surface area contributed by atoms with E-state index in [1.54, 1.807) is 30.3 Å². The number of carbonyl (C=O) groups excluding carboxylic acids is 2. The van der Waals surface area contributed by atoms with E-state index in [4.69, 9.17) is 5.11 Å². The molecule has 6 heteroatoms. The Kier molecular flexibility index (Phi) is 14.5. The van der Waals surface area contributed by atoms with Crippen LogP contribution in [0, 0.1) is 0 Å². The number of carboxylic acid groups (broad SMARTS) is 1. The molecule has 6 nitrogen and oxygen atoms in total. The van der Waals surface area contributed by atoms with Crippen molar-refractivity contribution >= 4 is 29.4 Å². The Bertz CT molecular complexity index is 1010. The van der Waals surface area contributed by atoms with Crippen molar-refractivity contribution in [2.45, 2.75) is 78.1 Å². The summed E-state index contributed by atoms with van der Waals surface area (Å²) in [4.78, 5) is 37.7. The Hall–Kier alpha value is -3.41. The lowest BCUT2D eigenvalue weighted by molar-refractivity contribution is -0.137. The minimum atomic E-state index is -0.708. The number of nitrogens with zero attached hydrogens (tertiary/aromatic N) is 1. The van der Waals surface area contributed by atoms with E-state index in [0.29, 0.717) is 17.7 Å². The summed E-state index contributed by atoms with van der Waals surface area (Å²) in [5, 5.41) is 11.6. The summed E-state index contributed by atoms with van der Waals surface area (Å²) >= 11 is 0. The Morgan fingerprint density at radius 2 is 1.26 bits per heavy atom. The highest BCUT2D eigenvalue weighted by Crippen LogP contribution is 2.16. The number of carboxylic acids is 1. The third-order valence-electron chi connectivity index (χ3n) is 6.73. The first-order valence-electron chi connectivity index (χ1n) is 14.1. The molecule has 38 heavy (non-hydrogen) atoms. The highest BCUT2D eigenvalue weighted by atomic mass is 16.4. The largest absolute Gasteiger partial charge is 0.481 e. The molecule has 2 aromatic carbocycles. The highest BCUT2D eigenvalue weighted by Gasteiger charge is 2.07. The van der Waals surface area contributed by atoms with Crippen LogP contribution in [0.5, 0.6) is 0 Å². The average molecular weight is 521 g/mol. The van der Waals surface area contributed by atoms with Crippen molar-refractivity contribution in [2.24, 2.45) is 0 Å². The molecule has 0 saturated heterocycles. The van der Waals surface area contributed by atoms with Gasteiger partial charge < -0.3 is 15.3 Å². The molecule has 0 bridgehead atoms. The van der Waals surface area contributed by atoms with Gasteiger partial charge in [-0.15, -0.1) is 0 Å². The molecule has 0 spiro atoms. The zero-order valence-electron chi connectivity index (χ0n) is 23.1. The van der Waals surface area contributed by atoms with Gasteiger partial charge in [0.25, 0.3) is 5.91 Å². The van der Waals surface area contributed by atoms with E-state index >= 15 is 0 Å². The van der Waals surface area contributed by atoms with Crippen LogP contribution >= 0.6 is 0 Å². The van der Waals surface area contributed by atoms with Gasteiger partial charge in [-0.3, -0.25) is 14.4 Å². The number of carbonyl (C=O) groups is 3. The van der Waals surface area contributed by atoms with Crippen molar-refractivity contribution < 1.29 is 19.5 Å². The standard InChI is InChI=1S/C32H44N2O4/c1-3-34(4-2)29-22-15-26(16-23-29)17-24-30(35)27-18-20-28(21-19-27)32(38)33-25-13-11-9-7-5-6-8-10-12-14-31(36)37/h15-24H,3-14,25H2,1-2H3,(H,33,38)(H,36,37). The second-order valence-corrected chi connectivity index (χ2v) is 9.62. The minimum Gasteiger partial charge on any atom is -0.481 e. The number of allylic oxidation sites excluding steroid dienone is 1. The number of hydrogen-bond acceptors (Lipinski definition) is 4. The van der Waals surface area contributed by atoms with E-state index in [9.17, 15) is 14.4 Å². The van der Waals surface area contributed by atoms with E-state index in [0.717, 1.165) is 63.6 Å². The number of aliphatic carboxylic acids is 1. The van der Waals surface area contributed by atoms with Gasteiger partial charge in [-0.1, -0.05) is 75.3 Å². The molecule has 0 unspecified atom stereocenters. The van der Waals surface area contributed by atoms with Gasteiger partial charge in [-0.25, -0.2) is 0 Å². The summed E-state index contributed by atoms with van der Waals surface area (Å²) in [7, 11) is 0. The maximum Gasteiger partial charge on any atom is 0.303 e. The monoisotopic (exact) mass is 520 g/mol. The second-order valence-electron chi connectivity index (χ2n) is 9.62. The molecule has 0 fully saturated rings. The number of ketones is 1. The van der Waals surface area contributed by atoms with Crippen molar-refractivity contribution in [3.8, 4) is 0 Å². The first-order chi connectivity index (χ1) is 18.4. The van der Waals surface area contributed by atoms with Crippen LogP contribution in [0.4, 0.5) is 5.69 Å². The smallest absolute Gasteiger partial charge is 0.303 e. The number of rotatable bonds is 19. The van der Waals surface area contributed by atoms with Crippen molar-refractivity contribution in [2.75, 3.05) is 24.5 Å². The predicted molar refractivity (Wildman–Crippen MR) is 156 cm³/mol. The molecule has 2 N–H and O–H groups in total. The van der Waals surface area contributed by atoms with Crippen molar-refractivity contribution in [1.29, 1.82) is 0 Å². The van der Waals surface area contributed by atoms with Gasteiger partial charge in [0, 0.05) is 42.9 Å². The summed E-state index contributed by atoms with van der Waals surface area (Å²) in [6.45, 7) is 6.82. The molecule has 2 aromatic rings. The summed E-state index contributed by atoms with van der Waals surface area (Å²) < 4.78 is 0. The lowest BCUT2D eigenvalue weighted by Crippen LogP contribution is -2.24. The van der Waals surface area contributed by atoms with Crippen LogP contribution in [-0.2, 0) is 4.79 Å². The maximum absolute atomic E-state index is 12.6. The van der Waals surface area contributed by atoms with Crippen molar-refractivity contribution in [3.05, 3.63) is 71.3 Å². The fraction of sp³-hybridized carbons (Fsp3) is 0.469. The normalized spacial score (nSPS) is 11.0. The number of nitrogens with one attached hydrogen (secondary N) is 1. The van der Waals surface area contributed by atoms with Crippen LogP contribution in [-0.4, -0.2) is 42.4 Å². The molecule has 0 saturated carbocycles. The van der Waals surface area contributed by atoms with Crippen LogP contribution in [0.25, 0.3) is 6.08 Å². The zero-order chi connectivity index (χ0) is 27.6. The Morgan fingerprint density at radius 1 is 0.737 bits per heavy atom. The fourth-order valence-electron chi connectivity index (χ4n) is 4.38. The SMILES string of the molecule is CCN(CC)c1ccc(C=CC(=O)c2ccc(C(=O)NCCCCCCCCCCCC(=O)O)cc2)cc1. The van der Waals surface area contributed by atoms with E-state index in [-0.39, 0.29) is 18.1 Å². The van der Waals surface area contributed by atoms with Crippen molar-refractivity contribution in [1.82, 2.24) is 5.32 Å². The summed E-state index contributed by atoms with van der Waals surface area (Å²) in [6, 6.07) is 15.0. The summed E-state index contributed by atoms with van der Waals surface area (Å²) in [5.74, 6) is -0.917. The molecule has 206 valence electrons. The molecular weight excluding hydrogens is 476 g/mol. The van der Waals surface area contributed by atoms with Gasteiger partial charge in [0.15, 0.2) is 5.78 Å². The second kappa shape index (κ2) is 17.9. The summed E-state index contributed by atoms with van der Waals surface area (Å²) in [6.07, 6.45) is 13.2. The summed E-state index contributed by atoms with van der Waals surface area (Å²) in [5.41, 5.74) is 3.25.